The average molecular weight is 581 g/mol. The van der Waals surface area contributed by atoms with Gasteiger partial charge in [0.25, 0.3) is 19.2 Å². The number of hydrogen-bond acceptors (Lipinski definition) is 6. The molecular weight excluding hydrogens is 532 g/mol. The summed E-state index contributed by atoms with van der Waals surface area (Å²) >= 11 is 0. The molecule has 0 radical (unpaired) electrons. The minimum atomic E-state index is -3.61. The number of hydrogen-bond donors (Lipinski definition) is 1. The smallest absolute Gasteiger partial charge is 0.297 e. The van der Waals surface area contributed by atoms with Crippen molar-refractivity contribution in [2.24, 2.45) is 0 Å². The van der Waals surface area contributed by atoms with Crippen molar-refractivity contribution in [3.63, 3.8) is 0 Å². The summed E-state index contributed by atoms with van der Waals surface area (Å²) in [4.78, 5) is 0.371. The third-order valence-electron chi connectivity index (χ3n) is 4.84. The van der Waals surface area contributed by atoms with Crippen LogP contribution < -0.4 is 0 Å². The topological polar surface area (TPSA) is 97.7 Å². The van der Waals surface area contributed by atoms with Gasteiger partial charge < -0.3 is 5.11 Å². The van der Waals surface area contributed by atoms with Gasteiger partial charge in [0.05, 0.1) is 22.0 Å². The first-order valence-corrected chi connectivity index (χ1v) is 15.6. The summed E-state index contributed by atoms with van der Waals surface area (Å²) in [5.74, 6) is 0. The van der Waals surface area contributed by atoms with Crippen molar-refractivity contribution >= 4 is 29.9 Å². The summed E-state index contributed by atoms with van der Waals surface area (Å²) < 4.78 is 50.3. The molecule has 0 aliphatic rings. The number of rotatable bonds is 10. The summed E-state index contributed by atoms with van der Waals surface area (Å²) in [5, 5.41) is 8.68. The van der Waals surface area contributed by atoms with Crippen LogP contribution in [0, 0.1) is 13.8 Å². The van der Waals surface area contributed by atoms with E-state index in [-0.39, 0.29) is 36.9 Å². The fourth-order valence-corrected chi connectivity index (χ4v) is 4.60. The number of aliphatic hydroxyl groups excluding tert-OH is 1. The van der Waals surface area contributed by atoms with E-state index in [4.69, 9.17) is 20.0 Å². The molecule has 0 amide bonds. The van der Waals surface area contributed by atoms with E-state index in [1.807, 2.05) is 20.8 Å². The summed E-state index contributed by atoms with van der Waals surface area (Å²) in [6, 6.07) is 13.1. The molecule has 2 unspecified atom stereocenters. The second-order valence-electron chi connectivity index (χ2n) is 8.56. The molecule has 0 aliphatic heterocycles. The van der Waals surface area contributed by atoms with E-state index >= 15 is 0 Å². The molecule has 0 bridgehead atoms. The van der Waals surface area contributed by atoms with Gasteiger partial charge in [-0.2, -0.15) is 8.42 Å². The molecule has 6 nitrogen and oxygen atoms in total. The Labute approximate surface area is 232 Å². The third kappa shape index (κ3) is 19.3. The van der Waals surface area contributed by atoms with E-state index in [0.29, 0.717) is 0 Å². The Bertz CT molecular complexity index is 1030. The number of unbranched alkanes of at least 4 members (excludes halogenated alkanes) is 2. The lowest BCUT2D eigenvalue weighted by atomic mass is 10.2. The van der Waals surface area contributed by atoms with Crippen molar-refractivity contribution in [3.8, 4) is 0 Å². The molecule has 2 aromatic carbocycles. The van der Waals surface area contributed by atoms with Crippen molar-refractivity contribution in [1.82, 2.24) is 0 Å². The Hall–Kier alpha value is -1.45. The summed E-state index contributed by atoms with van der Waals surface area (Å²) in [7, 11) is -2.07. The minimum Gasteiger partial charge on any atom is -0.393 e. The molecule has 0 aliphatic carbocycles. The van der Waals surface area contributed by atoms with E-state index in [9.17, 15) is 16.8 Å². The van der Waals surface area contributed by atoms with Gasteiger partial charge >= 0.3 is 0 Å². The molecule has 2 atom stereocenters. The Balaban J connectivity index is -0.000000501. The van der Waals surface area contributed by atoms with E-state index in [1.54, 1.807) is 43.3 Å². The SMILES string of the molecule is C.C.CCCCC(C)O.CCCCC(C)OS(=O)(=O)c1ccc(C)cc1.Cc1ccc(S(=O)(=O)Cl)cc1. The number of aliphatic hydroxyl groups is 1. The van der Waals surface area contributed by atoms with Crippen LogP contribution in [0.15, 0.2) is 58.3 Å². The van der Waals surface area contributed by atoms with Crippen LogP contribution in [0.25, 0.3) is 0 Å². The maximum Gasteiger partial charge on any atom is 0.297 e. The summed E-state index contributed by atoms with van der Waals surface area (Å²) in [6.45, 7) is 11.6. The van der Waals surface area contributed by atoms with Crippen molar-refractivity contribution in [2.75, 3.05) is 0 Å². The molecule has 0 heterocycles. The quantitative estimate of drug-likeness (QED) is 0.225. The van der Waals surface area contributed by atoms with Crippen molar-refractivity contribution in [1.29, 1.82) is 0 Å². The Morgan fingerprint density at radius 3 is 1.46 bits per heavy atom. The normalized spacial score (nSPS) is 12.3. The highest BCUT2D eigenvalue weighted by Crippen LogP contribution is 2.17. The second-order valence-corrected chi connectivity index (χ2v) is 12.7. The van der Waals surface area contributed by atoms with Crippen LogP contribution in [0.5, 0.6) is 0 Å². The minimum absolute atomic E-state index is 0. The van der Waals surface area contributed by atoms with Crippen LogP contribution in [0.4, 0.5) is 0 Å². The lowest BCUT2D eigenvalue weighted by Gasteiger charge is -2.12. The van der Waals surface area contributed by atoms with Crippen LogP contribution >= 0.6 is 10.7 Å². The summed E-state index contributed by atoms with van der Waals surface area (Å²) in [5.41, 5.74) is 2.04. The average Bonchev–Trinajstić information content (AvgIpc) is 2.77. The molecular formula is C28H49ClO6S2. The number of benzene rings is 2. The van der Waals surface area contributed by atoms with Gasteiger partial charge in [-0.3, -0.25) is 4.18 Å². The summed E-state index contributed by atoms with van der Waals surface area (Å²) in [6.07, 6.45) is 5.71. The van der Waals surface area contributed by atoms with Crippen LogP contribution in [0.2, 0.25) is 0 Å². The highest BCUT2D eigenvalue weighted by Gasteiger charge is 2.18. The largest absolute Gasteiger partial charge is 0.393 e. The van der Waals surface area contributed by atoms with E-state index in [0.717, 1.165) is 43.2 Å². The zero-order chi connectivity index (χ0) is 27.1. The standard InChI is InChI=1S/C13H20O3S.C7H7ClO2S.C6H14O.2CH4/c1-4-5-6-12(3)16-17(14,15)13-9-7-11(2)8-10-13;1-6-2-4-7(5-3-6)11(8,9)10;1-3-4-5-6(2)7;;/h7-10,12H,4-6H2,1-3H3;2-5H,1H3;6-7H,3-5H2,1-2H3;2*1H4. The number of halogens is 1. The molecule has 1 N–H and O–H groups in total. The molecule has 2 rings (SSSR count). The molecule has 9 heteroatoms. The third-order valence-corrected chi connectivity index (χ3v) is 7.64. The van der Waals surface area contributed by atoms with Crippen LogP contribution in [0.3, 0.4) is 0 Å². The van der Waals surface area contributed by atoms with Crippen LogP contribution in [0.1, 0.15) is 92.2 Å². The first kappa shape index (κ1) is 40.1. The molecule has 2 aromatic rings. The lowest BCUT2D eigenvalue weighted by molar-refractivity contribution is 0.181. The Kier molecular flexibility index (Phi) is 22.2. The molecule has 0 saturated heterocycles. The molecule has 0 spiro atoms. The fraction of sp³-hybridized carbons (Fsp3) is 0.571. The van der Waals surface area contributed by atoms with Crippen molar-refractivity contribution in [3.05, 3.63) is 59.7 Å². The monoisotopic (exact) mass is 580 g/mol. The fourth-order valence-electron chi connectivity index (χ4n) is 2.72. The Morgan fingerprint density at radius 2 is 1.14 bits per heavy atom. The first-order valence-electron chi connectivity index (χ1n) is 11.9. The van der Waals surface area contributed by atoms with Gasteiger partial charge in [0.1, 0.15) is 0 Å². The molecule has 0 saturated carbocycles. The maximum atomic E-state index is 11.9. The van der Waals surface area contributed by atoms with Gasteiger partial charge in [-0.25, -0.2) is 8.42 Å². The van der Waals surface area contributed by atoms with Crippen molar-refractivity contribution < 1.29 is 26.1 Å². The Morgan fingerprint density at radius 1 is 0.757 bits per heavy atom. The van der Waals surface area contributed by atoms with Gasteiger partial charge in [0.2, 0.25) is 0 Å². The van der Waals surface area contributed by atoms with E-state index in [2.05, 4.69) is 13.8 Å². The zero-order valence-electron chi connectivity index (χ0n) is 21.7. The molecule has 216 valence electrons. The second kappa shape index (κ2) is 20.5. The highest BCUT2D eigenvalue weighted by atomic mass is 35.7. The van der Waals surface area contributed by atoms with E-state index < -0.39 is 19.2 Å². The number of aryl methyl sites for hydroxylation is 2. The molecule has 0 aromatic heterocycles. The van der Waals surface area contributed by atoms with Gasteiger partial charge in [-0.05, 0) is 64.8 Å². The zero-order valence-corrected chi connectivity index (χ0v) is 24.1. The predicted octanol–water partition coefficient (Wildman–Crippen LogP) is 8.03. The predicted molar refractivity (Wildman–Crippen MR) is 157 cm³/mol. The van der Waals surface area contributed by atoms with Gasteiger partial charge in [0.15, 0.2) is 0 Å². The lowest BCUT2D eigenvalue weighted by Crippen LogP contribution is -2.15. The first-order chi connectivity index (χ1) is 16.2. The van der Waals surface area contributed by atoms with Crippen molar-refractivity contribution in [2.45, 2.75) is 117 Å². The maximum absolute atomic E-state index is 11.9. The van der Waals surface area contributed by atoms with E-state index in [1.165, 1.54) is 18.6 Å². The highest BCUT2D eigenvalue weighted by molar-refractivity contribution is 8.13. The van der Waals surface area contributed by atoms with Gasteiger partial charge in [0, 0.05) is 10.7 Å². The molecule has 37 heavy (non-hydrogen) atoms. The molecule has 0 fully saturated rings. The van der Waals surface area contributed by atoms with Gasteiger partial charge in [-0.1, -0.05) is 89.8 Å². The van der Waals surface area contributed by atoms with Crippen LogP contribution in [-0.2, 0) is 23.4 Å². The van der Waals surface area contributed by atoms with Crippen LogP contribution in [-0.4, -0.2) is 34.2 Å². The van der Waals surface area contributed by atoms with Gasteiger partial charge in [-0.15, -0.1) is 0 Å².